The maximum atomic E-state index is 13.7. The summed E-state index contributed by atoms with van der Waals surface area (Å²) >= 11 is 6.03. The Morgan fingerprint density at radius 1 is 0.773 bits per heavy atom. The minimum Gasteiger partial charge on any atom is -0.488 e. The van der Waals surface area contributed by atoms with Crippen LogP contribution < -0.4 is 15.5 Å². The first kappa shape index (κ1) is 30.5. The molecule has 1 atom stereocenters. The first-order valence-electron chi connectivity index (χ1n) is 14.5. The molecule has 0 aromatic heterocycles. The average molecular weight is 604 g/mol. The molecule has 0 fully saturated rings. The molecule has 0 aliphatic rings. The number of rotatable bonds is 11. The number of carbonyl (C=O) groups excluding carboxylic acids is 2. The molecule has 0 spiro atoms. The van der Waals surface area contributed by atoms with Gasteiger partial charge in [-0.15, -0.1) is 0 Å². The van der Waals surface area contributed by atoms with Crippen molar-refractivity contribution in [3.8, 4) is 5.75 Å². The Hall–Kier alpha value is -4.94. The molecule has 7 heteroatoms. The van der Waals surface area contributed by atoms with Gasteiger partial charge in [-0.05, 0) is 51.6 Å². The molecule has 5 aromatic rings. The third kappa shape index (κ3) is 7.52. The van der Waals surface area contributed by atoms with Crippen molar-refractivity contribution in [3.63, 3.8) is 0 Å². The normalized spacial score (nSPS) is 12.0. The quantitative estimate of drug-likeness (QED) is 0.121. The van der Waals surface area contributed by atoms with Crippen LogP contribution in [-0.4, -0.2) is 24.1 Å². The van der Waals surface area contributed by atoms with E-state index in [0.717, 1.165) is 33.0 Å². The lowest BCUT2D eigenvalue weighted by atomic mass is 9.89. The van der Waals surface area contributed by atoms with Crippen LogP contribution >= 0.6 is 11.6 Å². The summed E-state index contributed by atoms with van der Waals surface area (Å²) in [6.45, 7) is 4.12. The summed E-state index contributed by atoms with van der Waals surface area (Å²) in [4.78, 5) is 27.1. The maximum absolute atomic E-state index is 13.7. The van der Waals surface area contributed by atoms with E-state index in [1.807, 2.05) is 135 Å². The summed E-state index contributed by atoms with van der Waals surface area (Å²) in [5, 5.41) is 9.91. The highest BCUT2D eigenvalue weighted by atomic mass is 35.5. The van der Waals surface area contributed by atoms with Crippen molar-refractivity contribution in [2.75, 3.05) is 0 Å². The molecule has 5 rings (SSSR count). The number of halogens is 1. The fraction of sp³-hybridized carbons (Fsp3) is 0.162. The topological polar surface area (TPSA) is 79.8 Å². The van der Waals surface area contributed by atoms with Gasteiger partial charge in [0.1, 0.15) is 18.4 Å². The van der Waals surface area contributed by atoms with Crippen molar-refractivity contribution < 1.29 is 14.3 Å². The number of hydrazone groups is 1. The van der Waals surface area contributed by atoms with Gasteiger partial charge in [-0.25, -0.2) is 5.43 Å². The smallest absolute Gasteiger partial charge is 0.262 e. The molecule has 5 aromatic carbocycles. The molecular formula is C37H34ClN3O3. The van der Waals surface area contributed by atoms with E-state index in [1.165, 1.54) is 0 Å². The average Bonchev–Trinajstić information content (AvgIpc) is 3.04. The molecule has 0 heterocycles. The Kier molecular flexibility index (Phi) is 10.1. The summed E-state index contributed by atoms with van der Waals surface area (Å²) in [5.41, 5.74) is 6.05. The van der Waals surface area contributed by atoms with Crippen molar-refractivity contribution in [1.29, 1.82) is 0 Å². The zero-order valence-corrected chi connectivity index (χ0v) is 25.4. The first-order valence-corrected chi connectivity index (χ1v) is 14.9. The van der Waals surface area contributed by atoms with Gasteiger partial charge in [-0.1, -0.05) is 129 Å². The van der Waals surface area contributed by atoms with Gasteiger partial charge in [0.05, 0.1) is 12.1 Å². The third-order valence-corrected chi connectivity index (χ3v) is 7.63. The van der Waals surface area contributed by atoms with Crippen LogP contribution in [0, 0.1) is 5.92 Å². The zero-order chi connectivity index (χ0) is 30.9. The second-order valence-electron chi connectivity index (χ2n) is 10.8. The standard InChI is InChI=1S/C37H34ClN3O3/c1-25(2)35(40-36(42)34(28-12-5-3-6-13-28)29-14-7-4-8-15-29)37(43)41-39-23-32-31-16-10-9-11-27(31)19-22-33(32)44-24-26-17-20-30(38)21-18-26/h3-23,25,34-35H,24H2,1-2H3,(H,40,42)(H,41,43)/b39-23-/t35-/m0/s1. The number of hydrogen-bond acceptors (Lipinski definition) is 4. The van der Waals surface area contributed by atoms with E-state index in [-0.39, 0.29) is 11.8 Å². The van der Waals surface area contributed by atoms with Crippen LogP contribution in [-0.2, 0) is 16.2 Å². The number of carbonyl (C=O) groups is 2. The van der Waals surface area contributed by atoms with E-state index < -0.39 is 17.9 Å². The summed E-state index contributed by atoms with van der Waals surface area (Å²) in [5.74, 6) is -0.789. The number of hydrogen-bond donors (Lipinski definition) is 2. The summed E-state index contributed by atoms with van der Waals surface area (Å²) in [7, 11) is 0. The number of nitrogens with one attached hydrogen (secondary N) is 2. The van der Waals surface area contributed by atoms with Gasteiger partial charge in [-0.2, -0.15) is 5.10 Å². The third-order valence-electron chi connectivity index (χ3n) is 7.38. The second-order valence-corrected chi connectivity index (χ2v) is 11.3. The van der Waals surface area contributed by atoms with Crippen LogP contribution in [0.3, 0.4) is 0 Å². The Bertz CT molecular complexity index is 1700. The monoisotopic (exact) mass is 603 g/mol. The SMILES string of the molecule is CC(C)[C@H](NC(=O)C(c1ccccc1)c1ccccc1)C(=O)N/N=C\c1c(OCc2ccc(Cl)cc2)ccc2ccccc12. The largest absolute Gasteiger partial charge is 0.488 e. The number of benzene rings is 5. The molecule has 0 unspecified atom stereocenters. The lowest BCUT2D eigenvalue weighted by Crippen LogP contribution is -2.50. The van der Waals surface area contributed by atoms with E-state index in [9.17, 15) is 9.59 Å². The van der Waals surface area contributed by atoms with Gasteiger partial charge in [0.15, 0.2) is 0 Å². The molecule has 0 aliphatic carbocycles. The van der Waals surface area contributed by atoms with Crippen molar-refractivity contribution in [1.82, 2.24) is 10.7 Å². The first-order chi connectivity index (χ1) is 21.4. The molecule has 0 saturated carbocycles. The number of amides is 2. The van der Waals surface area contributed by atoms with E-state index in [0.29, 0.717) is 17.4 Å². The van der Waals surface area contributed by atoms with Crippen LogP contribution in [0.5, 0.6) is 5.75 Å². The fourth-order valence-electron chi connectivity index (χ4n) is 5.06. The molecule has 44 heavy (non-hydrogen) atoms. The number of nitrogens with zero attached hydrogens (tertiary/aromatic N) is 1. The minimum atomic E-state index is -0.803. The lowest BCUT2D eigenvalue weighted by Gasteiger charge is -2.24. The van der Waals surface area contributed by atoms with Crippen molar-refractivity contribution in [2.45, 2.75) is 32.4 Å². The molecular weight excluding hydrogens is 570 g/mol. The molecule has 0 bridgehead atoms. The molecule has 2 N–H and O–H groups in total. The predicted octanol–water partition coefficient (Wildman–Crippen LogP) is 7.50. The van der Waals surface area contributed by atoms with Crippen LogP contribution in [0.1, 0.15) is 42.0 Å². The van der Waals surface area contributed by atoms with Gasteiger partial charge < -0.3 is 10.1 Å². The number of fused-ring (bicyclic) bond motifs is 1. The molecule has 2 amide bonds. The van der Waals surface area contributed by atoms with Crippen molar-refractivity contribution >= 4 is 40.4 Å². The highest BCUT2D eigenvalue weighted by Crippen LogP contribution is 2.28. The number of ether oxygens (including phenoxy) is 1. The molecule has 0 saturated heterocycles. The summed E-state index contributed by atoms with van der Waals surface area (Å²) in [6, 6.07) is 37.6. The molecule has 6 nitrogen and oxygen atoms in total. The predicted molar refractivity (Wildman–Crippen MR) is 177 cm³/mol. The van der Waals surface area contributed by atoms with E-state index in [1.54, 1.807) is 6.21 Å². The highest BCUT2D eigenvalue weighted by Gasteiger charge is 2.29. The summed E-state index contributed by atoms with van der Waals surface area (Å²) < 4.78 is 6.17. The van der Waals surface area contributed by atoms with Crippen molar-refractivity contribution in [2.24, 2.45) is 11.0 Å². The highest BCUT2D eigenvalue weighted by molar-refractivity contribution is 6.30. The second kappa shape index (κ2) is 14.5. The van der Waals surface area contributed by atoms with Gasteiger partial charge in [0.25, 0.3) is 5.91 Å². The minimum absolute atomic E-state index is 0.183. The van der Waals surface area contributed by atoms with E-state index >= 15 is 0 Å². The fourth-order valence-corrected chi connectivity index (χ4v) is 5.19. The van der Waals surface area contributed by atoms with Gasteiger partial charge in [-0.3, -0.25) is 9.59 Å². The molecule has 0 aliphatic heterocycles. The van der Waals surface area contributed by atoms with Crippen LogP contribution in [0.25, 0.3) is 10.8 Å². The van der Waals surface area contributed by atoms with Crippen LogP contribution in [0.15, 0.2) is 126 Å². The maximum Gasteiger partial charge on any atom is 0.262 e. The van der Waals surface area contributed by atoms with Crippen LogP contribution in [0.4, 0.5) is 0 Å². The van der Waals surface area contributed by atoms with Gasteiger partial charge in [0, 0.05) is 10.6 Å². The Morgan fingerprint density at radius 2 is 1.39 bits per heavy atom. The lowest BCUT2D eigenvalue weighted by molar-refractivity contribution is -0.130. The molecule has 222 valence electrons. The Labute approximate surface area is 262 Å². The van der Waals surface area contributed by atoms with Gasteiger partial charge >= 0.3 is 0 Å². The van der Waals surface area contributed by atoms with E-state index in [4.69, 9.17) is 16.3 Å². The van der Waals surface area contributed by atoms with Gasteiger partial charge in [0.2, 0.25) is 5.91 Å². The molecule has 0 radical (unpaired) electrons. The van der Waals surface area contributed by atoms with Crippen LogP contribution in [0.2, 0.25) is 5.02 Å². The van der Waals surface area contributed by atoms with Crippen molar-refractivity contribution in [3.05, 3.63) is 149 Å². The Morgan fingerprint density at radius 3 is 2.02 bits per heavy atom. The van der Waals surface area contributed by atoms with E-state index in [2.05, 4.69) is 15.8 Å². The summed E-state index contributed by atoms with van der Waals surface area (Å²) in [6.07, 6.45) is 1.59. The Balaban J connectivity index is 1.34. The zero-order valence-electron chi connectivity index (χ0n) is 24.6.